The maximum atomic E-state index is 12.0. The van der Waals surface area contributed by atoms with Crippen LogP contribution in [0.1, 0.15) is 26.3 Å². The Bertz CT molecular complexity index is 664. The predicted molar refractivity (Wildman–Crippen MR) is 103 cm³/mol. The molecule has 0 amide bonds. The lowest BCUT2D eigenvalue weighted by atomic mass is 9.89. The lowest BCUT2D eigenvalue weighted by molar-refractivity contribution is -0.187. The molecule has 27 heavy (non-hydrogen) atoms. The average Bonchev–Trinajstić information content (AvgIpc) is 2.59. The molecule has 2 N–H and O–H groups in total. The molecule has 0 aliphatic rings. The number of hydrogen-bond donors (Lipinski definition) is 2. The van der Waals surface area contributed by atoms with Crippen LogP contribution >= 0.6 is 0 Å². The molecule has 0 spiro atoms. The standard InChI is InChI=1S/C19H30O7Si/c1-18(2,3)27(6,7)26-14-10-8-13(9-11-14)12-19(23,17(22)25-5)15(20)16(21)24-4/h8-11,15,20,23H,12H2,1-7H3/t15-,19-/m1/s1. The van der Waals surface area contributed by atoms with E-state index < -0.39 is 32.0 Å². The quantitative estimate of drug-likeness (QED) is 0.535. The molecule has 0 saturated heterocycles. The van der Waals surface area contributed by atoms with Crippen molar-refractivity contribution in [3.63, 3.8) is 0 Å². The zero-order valence-corrected chi connectivity index (χ0v) is 18.0. The van der Waals surface area contributed by atoms with E-state index in [2.05, 4.69) is 43.3 Å². The van der Waals surface area contributed by atoms with Gasteiger partial charge in [-0.1, -0.05) is 32.9 Å². The van der Waals surface area contributed by atoms with Gasteiger partial charge in [-0.05, 0) is 35.8 Å². The molecule has 1 rings (SSSR count). The molecule has 0 saturated carbocycles. The Morgan fingerprint density at radius 3 is 2.00 bits per heavy atom. The highest BCUT2D eigenvalue weighted by Gasteiger charge is 2.49. The van der Waals surface area contributed by atoms with E-state index in [1.54, 1.807) is 24.3 Å². The van der Waals surface area contributed by atoms with Gasteiger partial charge in [-0.15, -0.1) is 0 Å². The molecule has 152 valence electrons. The van der Waals surface area contributed by atoms with E-state index in [-0.39, 0.29) is 11.5 Å². The molecular formula is C19H30O7Si. The minimum Gasteiger partial charge on any atom is -0.544 e. The number of carbonyl (C=O) groups is 2. The lowest BCUT2D eigenvalue weighted by Crippen LogP contribution is -2.55. The summed E-state index contributed by atoms with van der Waals surface area (Å²) in [4.78, 5) is 23.6. The van der Waals surface area contributed by atoms with Crippen LogP contribution in [0.5, 0.6) is 5.75 Å². The minimum absolute atomic E-state index is 0.0431. The van der Waals surface area contributed by atoms with Gasteiger partial charge in [-0.3, -0.25) is 0 Å². The van der Waals surface area contributed by atoms with Crippen molar-refractivity contribution >= 4 is 20.3 Å². The third-order valence-corrected chi connectivity index (χ3v) is 9.35. The molecule has 0 radical (unpaired) electrons. The molecular weight excluding hydrogens is 368 g/mol. The Kier molecular flexibility index (Phi) is 7.21. The maximum absolute atomic E-state index is 12.0. The first kappa shape index (κ1) is 23.1. The van der Waals surface area contributed by atoms with Gasteiger partial charge in [-0.2, -0.15) is 0 Å². The maximum Gasteiger partial charge on any atom is 0.341 e. The van der Waals surface area contributed by atoms with Gasteiger partial charge in [0.05, 0.1) is 14.2 Å². The van der Waals surface area contributed by atoms with Crippen molar-refractivity contribution in [2.24, 2.45) is 0 Å². The van der Waals surface area contributed by atoms with Crippen LogP contribution in [0.3, 0.4) is 0 Å². The molecule has 2 atom stereocenters. The van der Waals surface area contributed by atoms with Crippen LogP contribution in [-0.2, 0) is 25.5 Å². The minimum atomic E-state index is -2.45. The van der Waals surface area contributed by atoms with Gasteiger partial charge >= 0.3 is 11.9 Å². The van der Waals surface area contributed by atoms with Crippen LogP contribution in [-0.4, -0.2) is 56.4 Å². The number of hydrogen-bond acceptors (Lipinski definition) is 7. The molecule has 0 bridgehead atoms. The van der Waals surface area contributed by atoms with E-state index in [1.807, 2.05) is 0 Å². The first-order valence-corrected chi connectivity index (χ1v) is 11.5. The Morgan fingerprint density at radius 1 is 1.07 bits per heavy atom. The van der Waals surface area contributed by atoms with Crippen molar-refractivity contribution in [2.75, 3.05) is 14.2 Å². The van der Waals surface area contributed by atoms with Crippen LogP contribution in [0.25, 0.3) is 0 Å². The molecule has 1 aromatic rings. The van der Waals surface area contributed by atoms with Crippen molar-refractivity contribution in [3.8, 4) is 5.75 Å². The Balaban J connectivity index is 3.06. The lowest BCUT2D eigenvalue weighted by Gasteiger charge is -2.36. The summed E-state index contributed by atoms with van der Waals surface area (Å²) < 4.78 is 15.2. The fourth-order valence-corrected chi connectivity index (χ4v) is 3.23. The third kappa shape index (κ3) is 5.30. The number of methoxy groups -OCH3 is 2. The van der Waals surface area contributed by atoms with Crippen molar-refractivity contribution in [1.29, 1.82) is 0 Å². The first-order chi connectivity index (χ1) is 12.3. The van der Waals surface area contributed by atoms with E-state index in [9.17, 15) is 19.8 Å². The Labute approximate surface area is 161 Å². The van der Waals surface area contributed by atoms with Gasteiger partial charge in [0.15, 0.2) is 6.10 Å². The van der Waals surface area contributed by atoms with Gasteiger partial charge in [0.2, 0.25) is 13.9 Å². The van der Waals surface area contributed by atoms with Crippen LogP contribution < -0.4 is 4.43 Å². The Hall–Kier alpha value is -1.90. The normalized spacial score (nSPS) is 15.4. The largest absolute Gasteiger partial charge is 0.544 e. The summed E-state index contributed by atoms with van der Waals surface area (Å²) in [5.41, 5.74) is -1.93. The van der Waals surface area contributed by atoms with Gasteiger partial charge < -0.3 is 24.1 Å². The number of rotatable bonds is 7. The molecule has 7 nitrogen and oxygen atoms in total. The summed E-state index contributed by atoms with van der Waals surface area (Å²) in [7, 11) is 0.119. The monoisotopic (exact) mass is 398 g/mol. The second kappa shape index (κ2) is 8.41. The number of carbonyl (C=O) groups excluding carboxylic acids is 2. The highest BCUT2D eigenvalue weighted by molar-refractivity contribution is 6.74. The summed E-state index contributed by atoms with van der Waals surface area (Å²) in [6, 6.07) is 6.80. The topological polar surface area (TPSA) is 102 Å². The highest BCUT2D eigenvalue weighted by atomic mass is 28.4. The predicted octanol–water partition coefficient (Wildman–Crippen LogP) is 2.05. The molecule has 0 aliphatic carbocycles. The van der Waals surface area contributed by atoms with Crippen molar-refractivity contribution in [1.82, 2.24) is 0 Å². The third-order valence-electron chi connectivity index (χ3n) is 4.99. The number of aliphatic hydroxyl groups is 2. The van der Waals surface area contributed by atoms with Gasteiger partial charge in [0, 0.05) is 6.42 Å². The van der Waals surface area contributed by atoms with E-state index in [0.717, 1.165) is 14.2 Å². The number of esters is 2. The van der Waals surface area contributed by atoms with E-state index >= 15 is 0 Å². The van der Waals surface area contributed by atoms with Crippen LogP contribution in [0.15, 0.2) is 24.3 Å². The van der Waals surface area contributed by atoms with Gasteiger partial charge in [0.25, 0.3) is 0 Å². The fraction of sp³-hybridized carbons (Fsp3) is 0.579. The van der Waals surface area contributed by atoms with E-state index in [1.165, 1.54) is 0 Å². The summed E-state index contributed by atoms with van der Waals surface area (Å²) >= 11 is 0. The van der Waals surface area contributed by atoms with Crippen LogP contribution in [0.2, 0.25) is 18.1 Å². The fourth-order valence-electron chi connectivity index (χ4n) is 2.20. The molecule has 0 fully saturated rings. The molecule has 1 aromatic carbocycles. The molecule has 0 aliphatic heterocycles. The van der Waals surface area contributed by atoms with E-state index in [0.29, 0.717) is 11.3 Å². The first-order valence-electron chi connectivity index (χ1n) is 8.63. The number of aliphatic hydroxyl groups excluding tert-OH is 1. The number of ether oxygens (including phenoxy) is 2. The van der Waals surface area contributed by atoms with Crippen LogP contribution in [0, 0.1) is 0 Å². The summed E-state index contributed by atoms with van der Waals surface area (Å²) in [6.07, 6.45) is -2.39. The smallest absolute Gasteiger partial charge is 0.341 e. The zero-order valence-electron chi connectivity index (χ0n) is 17.0. The summed E-state index contributed by atoms with van der Waals surface area (Å²) in [6.45, 7) is 10.7. The van der Waals surface area contributed by atoms with Gasteiger partial charge in [0.1, 0.15) is 5.75 Å². The molecule has 8 heteroatoms. The molecule has 0 unspecified atom stereocenters. The zero-order chi connectivity index (χ0) is 21.0. The van der Waals surface area contributed by atoms with E-state index in [4.69, 9.17) is 4.43 Å². The van der Waals surface area contributed by atoms with Crippen LogP contribution in [0.4, 0.5) is 0 Å². The van der Waals surface area contributed by atoms with Gasteiger partial charge in [-0.25, -0.2) is 9.59 Å². The number of benzene rings is 1. The Morgan fingerprint density at radius 2 is 1.59 bits per heavy atom. The molecule has 0 aromatic heterocycles. The van der Waals surface area contributed by atoms with Crippen molar-refractivity contribution in [2.45, 2.75) is 57.0 Å². The van der Waals surface area contributed by atoms with Crippen molar-refractivity contribution in [3.05, 3.63) is 29.8 Å². The summed E-state index contributed by atoms with van der Waals surface area (Å²) in [5, 5.41) is 20.7. The second-order valence-electron chi connectivity index (χ2n) is 8.02. The highest BCUT2D eigenvalue weighted by Crippen LogP contribution is 2.37. The van der Waals surface area contributed by atoms with Crippen molar-refractivity contribution < 1.29 is 33.7 Å². The summed E-state index contributed by atoms with van der Waals surface area (Å²) in [5.74, 6) is -1.57. The second-order valence-corrected chi connectivity index (χ2v) is 12.7. The molecule has 0 heterocycles. The average molecular weight is 399 g/mol. The SMILES string of the molecule is COC(=O)[C@@H](O)[C@](O)(Cc1ccc(O[Si](C)(C)C(C)(C)C)cc1)C(=O)OC.